The molecule has 0 aliphatic heterocycles. The Balaban J connectivity index is 2.82. The summed E-state index contributed by atoms with van der Waals surface area (Å²) in [5, 5.41) is 8.91. The van der Waals surface area contributed by atoms with Crippen LogP contribution >= 0.6 is 15.9 Å². The zero-order valence-corrected chi connectivity index (χ0v) is 11.1. The summed E-state index contributed by atoms with van der Waals surface area (Å²) in [5.41, 5.74) is 0. The standard InChI is InChI=1S/C11H13BrO5/c1-15-6-10(11(13)14)17-9-4-3-7(16-2)5-8(9)12/h3-5,10H,6H2,1-2H3,(H,13,14). The number of rotatable bonds is 6. The van der Waals surface area contributed by atoms with Crippen LogP contribution in [0.3, 0.4) is 0 Å². The summed E-state index contributed by atoms with van der Waals surface area (Å²) in [6.45, 7) is -0.0200. The van der Waals surface area contributed by atoms with Gasteiger partial charge in [0.05, 0.1) is 18.2 Å². The van der Waals surface area contributed by atoms with Crippen molar-refractivity contribution in [2.75, 3.05) is 20.8 Å². The molecule has 0 aromatic heterocycles. The average molecular weight is 305 g/mol. The fourth-order valence-corrected chi connectivity index (χ4v) is 1.62. The van der Waals surface area contributed by atoms with Crippen molar-refractivity contribution >= 4 is 21.9 Å². The van der Waals surface area contributed by atoms with Crippen molar-refractivity contribution < 1.29 is 24.1 Å². The third-order valence-corrected chi connectivity index (χ3v) is 2.62. The minimum Gasteiger partial charge on any atom is -0.497 e. The van der Waals surface area contributed by atoms with Crippen LogP contribution in [0.25, 0.3) is 0 Å². The number of carboxylic acids is 1. The van der Waals surface area contributed by atoms with Gasteiger partial charge in [-0.1, -0.05) is 0 Å². The molecule has 0 heterocycles. The molecule has 0 amide bonds. The maximum absolute atomic E-state index is 10.9. The van der Waals surface area contributed by atoms with E-state index < -0.39 is 12.1 Å². The summed E-state index contributed by atoms with van der Waals surface area (Å²) in [6, 6.07) is 5.02. The molecule has 5 nitrogen and oxygen atoms in total. The monoisotopic (exact) mass is 304 g/mol. The third kappa shape index (κ3) is 3.90. The van der Waals surface area contributed by atoms with Gasteiger partial charge < -0.3 is 19.3 Å². The molecule has 0 bridgehead atoms. The molecule has 6 heteroatoms. The minimum atomic E-state index is -1.07. The van der Waals surface area contributed by atoms with Crippen LogP contribution in [-0.2, 0) is 9.53 Å². The van der Waals surface area contributed by atoms with E-state index >= 15 is 0 Å². The first-order valence-electron chi connectivity index (χ1n) is 4.80. The van der Waals surface area contributed by atoms with Crippen molar-refractivity contribution in [3.05, 3.63) is 22.7 Å². The van der Waals surface area contributed by atoms with Gasteiger partial charge in [-0.25, -0.2) is 4.79 Å². The molecule has 0 saturated heterocycles. The van der Waals surface area contributed by atoms with Crippen LogP contribution < -0.4 is 9.47 Å². The van der Waals surface area contributed by atoms with E-state index in [1.165, 1.54) is 7.11 Å². The highest BCUT2D eigenvalue weighted by Crippen LogP contribution is 2.29. The Labute approximate surface area is 107 Å². The molecular weight excluding hydrogens is 292 g/mol. The largest absolute Gasteiger partial charge is 0.497 e. The van der Waals surface area contributed by atoms with E-state index in [1.54, 1.807) is 25.3 Å². The second kappa shape index (κ2) is 6.46. The summed E-state index contributed by atoms with van der Waals surface area (Å²) in [6.07, 6.45) is -1.04. The zero-order valence-electron chi connectivity index (χ0n) is 9.47. The van der Waals surface area contributed by atoms with Gasteiger partial charge >= 0.3 is 5.97 Å². The lowest BCUT2D eigenvalue weighted by molar-refractivity contribution is -0.147. The van der Waals surface area contributed by atoms with Crippen molar-refractivity contribution in [2.24, 2.45) is 0 Å². The fourth-order valence-electron chi connectivity index (χ4n) is 1.16. The number of halogens is 1. The second-order valence-corrected chi connectivity index (χ2v) is 4.05. The lowest BCUT2D eigenvalue weighted by atomic mass is 10.3. The van der Waals surface area contributed by atoms with Gasteiger partial charge in [0.2, 0.25) is 6.10 Å². The van der Waals surface area contributed by atoms with Gasteiger partial charge in [-0.05, 0) is 34.1 Å². The molecule has 1 rings (SSSR count). The maximum Gasteiger partial charge on any atom is 0.347 e. The zero-order chi connectivity index (χ0) is 12.8. The number of benzene rings is 1. The second-order valence-electron chi connectivity index (χ2n) is 3.20. The van der Waals surface area contributed by atoms with Crippen LogP contribution in [0.2, 0.25) is 0 Å². The number of methoxy groups -OCH3 is 2. The predicted octanol–water partition coefficient (Wildman–Crippen LogP) is 1.94. The van der Waals surface area contributed by atoms with Gasteiger partial charge in [0, 0.05) is 7.11 Å². The van der Waals surface area contributed by atoms with Crippen LogP contribution in [0, 0.1) is 0 Å². The Morgan fingerprint density at radius 1 is 1.47 bits per heavy atom. The van der Waals surface area contributed by atoms with Crippen molar-refractivity contribution in [3.8, 4) is 11.5 Å². The Kier molecular flexibility index (Phi) is 5.24. The quantitative estimate of drug-likeness (QED) is 0.870. The fraction of sp³-hybridized carbons (Fsp3) is 0.364. The summed E-state index contributed by atoms with van der Waals surface area (Å²) < 4.78 is 15.7. The molecule has 1 aromatic rings. The Bertz CT molecular complexity index is 393. The molecule has 1 N–H and O–H groups in total. The number of hydrogen-bond acceptors (Lipinski definition) is 4. The molecule has 0 radical (unpaired) electrons. The molecule has 1 unspecified atom stereocenters. The van der Waals surface area contributed by atoms with Gasteiger partial charge in [0.1, 0.15) is 11.5 Å². The van der Waals surface area contributed by atoms with E-state index in [0.29, 0.717) is 16.0 Å². The highest BCUT2D eigenvalue weighted by atomic mass is 79.9. The molecule has 0 fully saturated rings. The summed E-state index contributed by atoms with van der Waals surface area (Å²) in [7, 11) is 2.97. The van der Waals surface area contributed by atoms with Gasteiger partial charge in [-0.3, -0.25) is 0 Å². The SMILES string of the molecule is COCC(Oc1ccc(OC)cc1Br)C(=O)O. The third-order valence-electron chi connectivity index (χ3n) is 2.00. The van der Waals surface area contributed by atoms with E-state index in [4.69, 9.17) is 19.3 Å². The topological polar surface area (TPSA) is 65.0 Å². The Hall–Kier alpha value is -1.27. The molecule has 17 heavy (non-hydrogen) atoms. The Morgan fingerprint density at radius 3 is 2.65 bits per heavy atom. The van der Waals surface area contributed by atoms with Crippen LogP contribution in [0.15, 0.2) is 22.7 Å². The molecule has 0 aliphatic rings. The van der Waals surface area contributed by atoms with Gasteiger partial charge in [0.25, 0.3) is 0 Å². The van der Waals surface area contributed by atoms with Crippen molar-refractivity contribution in [3.63, 3.8) is 0 Å². The smallest absolute Gasteiger partial charge is 0.347 e. The first kappa shape index (κ1) is 13.8. The molecule has 0 aliphatic carbocycles. The van der Waals surface area contributed by atoms with Crippen LogP contribution in [0.5, 0.6) is 11.5 Å². The van der Waals surface area contributed by atoms with Crippen molar-refractivity contribution in [1.82, 2.24) is 0 Å². The molecule has 0 spiro atoms. The van der Waals surface area contributed by atoms with Gasteiger partial charge in [-0.15, -0.1) is 0 Å². The number of aliphatic carboxylic acids is 1. The van der Waals surface area contributed by atoms with Crippen molar-refractivity contribution in [1.29, 1.82) is 0 Å². The van der Waals surface area contributed by atoms with E-state index in [0.717, 1.165) is 0 Å². The number of ether oxygens (including phenoxy) is 3. The summed E-state index contributed by atoms with van der Waals surface area (Å²) in [4.78, 5) is 10.9. The summed E-state index contributed by atoms with van der Waals surface area (Å²) >= 11 is 3.28. The molecule has 94 valence electrons. The number of hydrogen-bond donors (Lipinski definition) is 1. The lowest BCUT2D eigenvalue weighted by Crippen LogP contribution is -2.31. The highest BCUT2D eigenvalue weighted by Gasteiger charge is 2.20. The van der Waals surface area contributed by atoms with E-state index in [1.807, 2.05) is 0 Å². The van der Waals surface area contributed by atoms with Crippen molar-refractivity contribution in [2.45, 2.75) is 6.10 Å². The first-order chi connectivity index (χ1) is 8.08. The predicted molar refractivity (Wildman–Crippen MR) is 64.6 cm³/mol. The van der Waals surface area contributed by atoms with E-state index in [2.05, 4.69) is 15.9 Å². The minimum absolute atomic E-state index is 0.0200. The highest BCUT2D eigenvalue weighted by molar-refractivity contribution is 9.10. The molecule has 0 saturated carbocycles. The molecular formula is C11H13BrO5. The van der Waals surface area contributed by atoms with Gasteiger partial charge in [0.15, 0.2) is 0 Å². The van der Waals surface area contributed by atoms with E-state index in [-0.39, 0.29) is 6.61 Å². The average Bonchev–Trinajstić information content (AvgIpc) is 2.30. The van der Waals surface area contributed by atoms with Gasteiger partial charge in [-0.2, -0.15) is 0 Å². The van der Waals surface area contributed by atoms with Crippen LogP contribution in [-0.4, -0.2) is 38.0 Å². The number of carboxylic acid groups (broad SMARTS) is 1. The molecule has 1 aromatic carbocycles. The first-order valence-corrected chi connectivity index (χ1v) is 5.59. The normalized spacial score (nSPS) is 11.9. The lowest BCUT2D eigenvalue weighted by Gasteiger charge is -2.15. The van der Waals surface area contributed by atoms with Crippen LogP contribution in [0.1, 0.15) is 0 Å². The Morgan fingerprint density at radius 2 is 2.18 bits per heavy atom. The van der Waals surface area contributed by atoms with Crippen LogP contribution in [0.4, 0.5) is 0 Å². The summed E-state index contributed by atoms with van der Waals surface area (Å²) in [5.74, 6) is 0.00709. The maximum atomic E-state index is 10.9. The number of carbonyl (C=O) groups is 1. The molecule has 1 atom stereocenters. The van der Waals surface area contributed by atoms with E-state index in [9.17, 15) is 4.79 Å².